The number of rotatable bonds is 5. The number of aromatic nitrogens is 1. The summed E-state index contributed by atoms with van der Waals surface area (Å²) in [6.45, 7) is 0. The van der Waals surface area contributed by atoms with E-state index in [0.717, 1.165) is 15.4 Å². The number of hydrogen-bond donors (Lipinski definition) is 3. The molecule has 1 heterocycles. The number of para-hydroxylation sites is 1. The number of amides is 1. The molecular formula is C22H16BrN5O2. The van der Waals surface area contributed by atoms with E-state index in [2.05, 4.69) is 41.7 Å². The summed E-state index contributed by atoms with van der Waals surface area (Å²) in [5, 5.41) is 23.2. The number of phenols is 1. The summed E-state index contributed by atoms with van der Waals surface area (Å²) in [5.41, 5.74) is 5.36. The fourth-order valence-electron chi connectivity index (χ4n) is 2.75. The van der Waals surface area contributed by atoms with Crippen molar-refractivity contribution in [3.05, 3.63) is 88.5 Å². The van der Waals surface area contributed by atoms with Crippen LogP contribution < -0.4 is 5.43 Å². The fraction of sp³-hybridized carbons (Fsp3) is 0. The SMILES string of the molecule is O=C(N/N=C/c1cc(N=Nc2ccc(Br)cc2)ccc1O)c1cc2ccccc2[nH]1. The van der Waals surface area contributed by atoms with E-state index in [4.69, 9.17) is 0 Å². The number of nitrogens with zero attached hydrogens (tertiary/aromatic N) is 3. The predicted octanol–water partition coefficient (Wildman–Crippen LogP) is 5.82. The van der Waals surface area contributed by atoms with Crippen LogP contribution in [0.2, 0.25) is 0 Å². The van der Waals surface area contributed by atoms with Gasteiger partial charge in [0.1, 0.15) is 11.4 Å². The van der Waals surface area contributed by atoms with Crippen molar-refractivity contribution in [2.45, 2.75) is 0 Å². The molecule has 0 aliphatic carbocycles. The maximum absolute atomic E-state index is 12.3. The minimum Gasteiger partial charge on any atom is -0.507 e. The number of H-pyrrole nitrogens is 1. The summed E-state index contributed by atoms with van der Waals surface area (Å²) >= 11 is 3.37. The van der Waals surface area contributed by atoms with E-state index in [9.17, 15) is 9.90 Å². The number of benzene rings is 3. The summed E-state index contributed by atoms with van der Waals surface area (Å²) in [4.78, 5) is 15.3. The predicted molar refractivity (Wildman–Crippen MR) is 120 cm³/mol. The first-order valence-corrected chi connectivity index (χ1v) is 9.79. The molecule has 1 amide bonds. The number of aromatic hydroxyl groups is 1. The number of halogens is 1. The van der Waals surface area contributed by atoms with Gasteiger partial charge in [-0.25, -0.2) is 5.43 Å². The van der Waals surface area contributed by atoms with E-state index in [-0.39, 0.29) is 11.7 Å². The zero-order valence-corrected chi connectivity index (χ0v) is 17.2. The van der Waals surface area contributed by atoms with Gasteiger partial charge in [0, 0.05) is 20.9 Å². The molecular weight excluding hydrogens is 446 g/mol. The molecule has 0 spiro atoms. The van der Waals surface area contributed by atoms with Gasteiger partial charge in [-0.2, -0.15) is 15.3 Å². The fourth-order valence-corrected chi connectivity index (χ4v) is 3.01. The first kappa shape index (κ1) is 19.5. The minimum absolute atomic E-state index is 0.0150. The highest BCUT2D eigenvalue weighted by Crippen LogP contribution is 2.24. The van der Waals surface area contributed by atoms with E-state index in [1.807, 2.05) is 48.5 Å². The van der Waals surface area contributed by atoms with Crippen molar-refractivity contribution in [3.8, 4) is 5.75 Å². The van der Waals surface area contributed by atoms with E-state index in [1.54, 1.807) is 18.2 Å². The molecule has 0 aliphatic heterocycles. The van der Waals surface area contributed by atoms with Gasteiger partial charge in [0.2, 0.25) is 0 Å². The van der Waals surface area contributed by atoms with Crippen LogP contribution in [0.3, 0.4) is 0 Å². The van der Waals surface area contributed by atoms with Gasteiger partial charge in [-0.1, -0.05) is 34.1 Å². The number of fused-ring (bicyclic) bond motifs is 1. The second kappa shape index (κ2) is 8.71. The van der Waals surface area contributed by atoms with E-state index in [0.29, 0.717) is 22.6 Å². The molecule has 4 rings (SSSR count). The summed E-state index contributed by atoms with van der Waals surface area (Å²) in [7, 11) is 0. The quantitative estimate of drug-likeness (QED) is 0.198. The Labute approximate surface area is 180 Å². The minimum atomic E-state index is -0.381. The lowest BCUT2D eigenvalue weighted by Gasteiger charge is -2.01. The van der Waals surface area contributed by atoms with Crippen molar-refractivity contribution in [3.63, 3.8) is 0 Å². The Balaban J connectivity index is 1.45. The summed E-state index contributed by atoms with van der Waals surface area (Å²) in [6.07, 6.45) is 1.36. The number of carbonyl (C=O) groups excluding carboxylic acids is 1. The molecule has 0 aliphatic rings. The van der Waals surface area contributed by atoms with E-state index >= 15 is 0 Å². The molecule has 0 atom stereocenters. The zero-order valence-electron chi connectivity index (χ0n) is 15.6. The molecule has 148 valence electrons. The van der Waals surface area contributed by atoms with Gasteiger partial charge in [0.15, 0.2) is 0 Å². The largest absolute Gasteiger partial charge is 0.507 e. The Morgan fingerprint density at radius 1 is 0.967 bits per heavy atom. The standard InChI is InChI=1S/C22H16BrN5O2/c23-16-5-7-17(8-6-16)26-27-18-9-10-21(29)15(11-18)13-24-28-22(30)20-12-14-3-1-2-4-19(14)25-20/h1-13,25,29H,(H,28,30)/b24-13+,27-26?. The number of hydrogen-bond acceptors (Lipinski definition) is 5. The van der Waals surface area contributed by atoms with E-state index < -0.39 is 0 Å². The highest BCUT2D eigenvalue weighted by Gasteiger charge is 2.08. The van der Waals surface area contributed by atoms with Crippen LogP contribution in [0.15, 0.2) is 92.6 Å². The third kappa shape index (κ3) is 4.61. The van der Waals surface area contributed by atoms with Gasteiger partial charge in [-0.05, 0) is 54.6 Å². The molecule has 0 bridgehead atoms. The van der Waals surface area contributed by atoms with Gasteiger partial charge < -0.3 is 10.1 Å². The number of phenolic OH excluding ortho intramolecular Hbond substituents is 1. The lowest BCUT2D eigenvalue weighted by Crippen LogP contribution is -2.17. The molecule has 3 aromatic carbocycles. The van der Waals surface area contributed by atoms with Crippen molar-refractivity contribution in [2.75, 3.05) is 0 Å². The monoisotopic (exact) mass is 461 g/mol. The van der Waals surface area contributed by atoms with Crippen LogP contribution >= 0.6 is 15.9 Å². The topological polar surface area (TPSA) is 102 Å². The number of aromatic amines is 1. The van der Waals surface area contributed by atoms with Crippen LogP contribution in [0.4, 0.5) is 11.4 Å². The lowest BCUT2D eigenvalue weighted by atomic mass is 10.2. The lowest BCUT2D eigenvalue weighted by molar-refractivity contribution is 0.0951. The molecule has 0 radical (unpaired) electrons. The van der Waals surface area contributed by atoms with Crippen LogP contribution in [0.5, 0.6) is 5.75 Å². The smallest absolute Gasteiger partial charge is 0.287 e. The maximum atomic E-state index is 12.3. The molecule has 4 aromatic rings. The Kier molecular flexibility index (Phi) is 5.67. The van der Waals surface area contributed by atoms with Gasteiger partial charge >= 0.3 is 0 Å². The van der Waals surface area contributed by atoms with Crippen molar-refractivity contribution in [1.29, 1.82) is 0 Å². The van der Waals surface area contributed by atoms with Crippen LogP contribution in [-0.4, -0.2) is 22.2 Å². The molecule has 0 unspecified atom stereocenters. The van der Waals surface area contributed by atoms with Gasteiger partial charge in [0.05, 0.1) is 17.6 Å². The number of nitrogens with one attached hydrogen (secondary N) is 2. The highest BCUT2D eigenvalue weighted by molar-refractivity contribution is 9.10. The Bertz CT molecular complexity index is 1230. The van der Waals surface area contributed by atoms with Crippen LogP contribution in [-0.2, 0) is 0 Å². The Morgan fingerprint density at radius 3 is 2.50 bits per heavy atom. The van der Waals surface area contributed by atoms with Crippen LogP contribution in [0.1, 0.15) is 16.1 Å². The first-order valence-electron chi connectivity index (χ1n) is 9.00. The normalized spacial score (nSPS) is 11.5. The zero-order chi connectivity index (χ0) is 20.9. The van der Waals surface area contributed by atoms with Gasteiger partial charge in [-0.3, -0.25) is 4.79 Å². The summed E-state index contributed by atoms with van der Waals surface area (Å²) in [5.74, 6) is -0.366. The third-order valence-electron chi connectivity index (χ3n) is 4.26. The number of carbonyl (C=O) groups is 1. The van der Waals surface area contributed by atoms with Crippen molar-refractivity contribution in [1.82, 2.24) is 10.4 Å². The molecule has 3 N–H and O–H groups in total. The van der Waals surface area contributed by atoms with Crippen LogP contribution in [0, 0.1) is 0 Å². The Hall–Kier alpha value is -3.78. The third-order valence-corrected chi connectivity index (χ3v) is 4.79. The van der Waals surface area contributed by atoms with E-state index in [1.165, 1.54) is 12.3 Å². The molecule has 0 saturated carbocycles. The maximum Gasteiger partial charge on any atom is 0.287 e. The highest BCUT2D eigenvalue weighted by atomic mass is 79.9. The number of hydrazone groups is 1. The van der Waals surface area contributed by atoms with Crippen molar-refractivity contribution < 1.29 is 9.90 Å². The second-order valence-electron chi connectivity index (χ2n) is 6.39. The summed E-state index contributed by atoms with van der Waals surface area (Å²) in [6, 6.07) is 21.5. The first-order chi connectivity index (χ1) is 14.6. The second-order valence-corrected chi connectivity index (χ2v) is 7.30. The molecule has 8 heteroatoms. The van der Waals surface area contributed by atoms with Crippen LogP contribution in [0.25, 0.3) is 10.9 Å². The average molecular weight is 462 g/mol. The van der Waals surface area contributed by atoms with Gasteiger partial charge in [-0.15, -0.1) is 0 Å². The number of azo groups is 1. The average Bonchev–Trinajstić information content (AvgIpc) is 3.19. The molecule has 0 fully saturated rings. The molecule has 1 aromatic heterocycles. The molecule has 30 heavy (non-hydrogen) atoms. The molecule has 7 nitrogen and oxygen atoms in total. The summed E-state index contributed by atoms with van der Waals surface area (Å²) < 4.78 is 0.957. The van der Waals surface area contributed by atoms with Crippen molar-refractivity contribution in [2.24, 2.45) is 15.3 Å². The molecule has 0 saturated heterocycles. The van der Waals surface area contributed by atoms with Gasteiger partial charge in [0.25, 0.3) is 5.91 Å². The van der Waals surface area contributed by atoms with Crippen molar-refractivity contribution >= 4 is 50.3 Å². The Morgan fingerprint density at radius 2 is 1.70 bits per heavy atom.